The molecule has 0 amide bonds. The minimum absolute atomic E-state index is 0.107. The van der Waals surface area contributed by atoms with Crippen LogP contribution in [0.25, 0.3) is 0 Å². The van der Waals surface area contributed by atoms with Gasteiger partial charge in [0.2, 0.25) is 0 Å². The number of carbonyl (C=O) groups excluding carboxylic acids is 4. The van der Waals surface area contributed by atoms with Gasteiger partial charge in [0.25, 0.3) is 0 Å². The van der Waals surface area contributed by atoms with Crippen molar-refractivity contribution in [3.8, 4) is 0 Å². The zero-order chi connectivity index (χ0) is 74.4. The molecular formula is C82H160O17P2. The van der Waals surface area contributed by atoms with Crippen LogP contribution in [0.2, 0.25) is 0 Å². The number of unbranched alkanes of at least 4 members (excludes halogenated alkanes) is 47. The third-order valence-electron chi connectivity index (χ3n) is 19.5. The molecule has 6 atom stereocenters. The van der Waals surface area contributed by atoms with Gasteiger partial charge in [-0.3, -0.25) is 37.3 Å². The molecular weight excluding hydrogens is 1320 g/mol. The molecule has 0 spiro atoms. The van der Waals surface area contributed by atoms with Gasteiger partial charge in [-0.15, -0.1) is 0 Å². The van der Waals surface area contributed by atoms with E-state index in [9.17, 15) is 43.2 Å². The van der Waals surface area contributed by atoms with Crippen molar-refractivity contribution in [2.75, 3.05) is 39.6 Å². The summed E-state index contributed by atoms with van der Waals surface area (Å²) in [7, 11) is -9.92. The van der Waals surface area contributed by atoms with Gasteiger partial charge in [-0.05, 0) is 43.4 Å². The van der Waals surface area contributed by atoms with Crippen LogP contribution in [0.15, 0.2) is 0 Å². The molecule has 3 unspecified atom stereocenters. The van der Waals surface area contributed by atoms with Gasteiger partial charge in [0.15, 0.2) is 12.2 Å². The van der Waals surface area contributed by atoms with Crippen molar-refractivity contribution in [2.24, 2.45) is 17.8 Å². The van der Waals surface area contributed by atoms with Gasteiger partial charge in [0, 0.05) is 25.7 Å². The lowest BCUT2D eigenvalue weighted by Crippen LogP contribution is -2.30. The molecule has 19 heteroatoms. The van der Waals surface area contributed by atoms with Crippen LogP contribution in [0, 0.1) is 17.8 Å². The van der Waals surface area contributed by atoms with Crippen LogP contribution in [0.5, 0.6) is 0 Å². The van der Waals surface area contributed by atoms with E-state index < -0.39 is 97.5 Å². The number of aliphatic hydroxyl groups is 1. The molecule has 0 rings (SSSR count). The van der Waals surface area contributed by atoms with Gasteiger partial charge >= 0.3 is 39.5 Å². The molecule has 17 nitrogen and oxygen atoms in total. The molecule has 3 N–H and O–H groups in total. The molecule has 0 aromatic carbocycles. The molecule has 0 aromatic heterocycles. The fourth-order valence-electron chi connectivity index (χ4n) is 12.6. The number of phosphoric acid groups is 2. The van der Waals surface area contributed by atoms with E-state index in [1.54, 1.807) is 0 Å². The summed E-state index contributed by atoms with van der Waals surface area (Å²) in [6, 6.07) is 0. The topological polar surface area (TPSA) is 237 Å². The van der Waals surface area contributed by atoms with Crippen LogP contribution in [0.1, 0.15) is 427 Å². The second-order valence-electron chi connectivity index (χ2n) is 30.7. The summed E-state index contributed by atoms with van der Waals surface area (Å²) in [6.07, 6.45) is 60.9. The summed E-state index contributed by atoms with van der Waals surface area (Å²) < 4.78 is 68.7. The van der Waals surface area contributed by atoms with Gasteiger partial charge in [0.05, 0.1) is 26.4 Å². The predicted octanol–water partition coefficient (Wildman–Crippen LogP) is 24.5. The summed E-state index contributed by atoms with van der Waals surface area (Å²) >= 11 is 0. The van der Waals surface area contributed by atoms with Crippen molar-refractivity contribution in [3.05, 3.63) is 0 Å². The first-order valence-electron chi connectivity index (χ1n) is 42.4. The van der Waals surface area contributed by atoms with Crippen LogP contribution in [0.4, 0.5) is 0 Å². The largest absolute Gasteiger partial charge is 0.472 e. The van der Waals surface area contributed by atoms with Gasteiger partial charge in [-0.2, -0.15) is 0 Å². The maximum absolute atomic E-state index is 13.1. The number of aliphatic hydroxyl groups excluding tert-OH is 1. The van der Waals surface area contributed by atoms with Crippen LogP contribution in [-0.2, 0) is 65.4 Å². The molecule has 0 bridgehead atoms. The van der Waals surface area contributed by atoms with Gasteiger partial charge in [-0.1, -0.05) is 376 Å². The number of ether oxygens (including phenoxy) is 4. The van der Waals surface area contributed by atoms with E-state index in [1.807, 2.05) is 0 Å². The second-order valence-corrected chi connectivity index (χ2v) is 33.6. The first-order valence-corrected chi connectivity index (χ1v) is 45.4. The predicted molar refractivity (Wildman–Crippen MR) is 414 cm³/mol. The normalized spacial score (nSPS) is 14.2. The van der Waals surface area contributed by atoms with Crippen molar-refractivity contribution in [2.45, 2.75) is 446 Å². The van der Waals surface area contributed by atoms with Crippen molar-refractivity contribution in [1.29, 1.82) is 0 Å². The SMILES string of the molecule is CCCCCCCCCCCC(=O)OC[C@H](COP(=O)(O)OC[C@H](O)COP(=O)(O)OC[C@@H](COC(=O)CCCCCCCCCCCCCCCCC(C)C)OC(=O)CCCCCCCCCCCCCCCCC(C)CC)OC(=O)CCCCCCCCCCCCCCCCC(C)C. The standard InChI is InChI=1S/C82H160O17P2/c1-8-10-11-12-13-32-42-49-56-63-79(84)92-69-77(98-81(86)65-58-51-44-37-30-24-18-15-21-27-34-40-47-54-61-74(5)6)71-96-100(88,89)94-67-76(83)68-95-101(90,91)97-72-78(70-93-80(85)64-57-50-43-36-29-23-17-14-20-26-33-39-46-53-60-73(3)4)99-82(87)66-59-52-45-38-31-25-19-16-22-28-35-41-48-55-62-75(7)9-2/h73-78,83H,8-72H2,1-7H3,(H,88,89)(H,90,91)/t75?,76-,77+,78+/m0/s1. The Hall–Kier alpha value is -1.94. The summed E-state index contributed by atoms with van der Waals surface area (Å²) in [4.78, 5) is 73.0. The summed E-state index contributed by atoms with van der Waals surface area (Å²) in [5.41, 5.74) is 0. The van der Waals surface area contributed by atoms with Gasteiger partial charge in [-0.25, -0.2) is 9.13 Å². The zero-order valence-corrected chi connectivity index (χ0v) is 68.2. The maximum atomic E-state index is 13.1. The maximum Gasteiger partial charge on any atom is 0.472 e. The molecule has 0 fully saturated rings. The summed E-state index contributed by atoms with van der Waals surface area (Å²) in [6.45, 7) is 12.0. The highest BCUT2D eigenvalue weighted by Gasteiger charge is 2.30. The van der Waals surface area contributed by atoms with E-state index in [4.69, 9.17) is 37.0 Å². The number of hydrogen-bond acceptors (Lipinski definition) is 15. The zero-order valence-electron chi connectivity index (χ0n) is 66.4. The Kier molecular flexibility index (Phi) is 70.9. The Morgan fingerprint density at radius 2 is 0.505 bits per heavy atom. The number of esters is 4. The molecule has 0 aliphatic heterocycles. The third kappa shape index (κ3) is 74.7. The van der Waals surface area contributed by atoms with Gasteiger partial charge in [0.1, 0.15) is 19.3 Å². The first kappa shape index (κ1) is 99.1. The highest BCUT2D eigenvalue weighted by Crippen LogP contribution is 2.45. The smallest absolute Gasteiger partial charge is 0.462 e. The average Bonchev–Trinajstić information content (AvgIpc) is 1.02. The van der Waals surface area contributed by atoms with E-state index in [-0.39, 0.29) is 25.7 Å². The minimum Gasteiger partial charge on any atom is -0.462 e. The van der Waals surface area contributed by atoms with E-state index in [1.165, 1.54) is 238 Å². The summed E-state index contributed by atoms with van der Waals surface area (Å²) in [5.74, 6) is 0.331. The van der Waals surface area contributed by atoms with E-state index in [2.05, 4.69) is 48.5 Å². The second kappa shape index (κ2) is 72.3. The van der Waals surface area contributed by atoms with Crippen molar-refractivity contribution < 1.29 is 80.2 Å². The fraction of sp³-hybridized carbons (Fsp3) is 0.951. The number of phosphoric ester groups is 2. The lowest BCUT2D eigenvalue weighted by Gasteiger charge is -2.21. The highest BCUT2D eigenvalue weighted by atomic mass is 31.2. The van der Waals surface area contributed by atoms with Crippen molar-refractivity contribution >= 4 is 39.5 Å². The van der Waals surface area contributed by atoms with Crippen LogP contribution in [0.3, 0.4) is 0 Å². The third-order valence-corrected chi connectivity index (χ3v) is 21.4. The molecule has 600 valence electrons. The van der Waals surface area contributed by atoms with Crippen molar-refractivity contribution in [3.63, 3.8) is 0 Å². The molecule has 0 heterocycles. The van der Waals surface area contributed by atoms with Crippen LogP contribution in [-0.4, -0.2) is 96.7 Å². The Morgan fingerprint density at radius 1 is 0.287 bits per heavy atom. The van der Waals surface area contributed by atoms with Crippen LogP contribution < -0.4 is 0 Å². The molecule has 0 aliphatic carbocycles. The fourth-order valence-corrected chi connectivity index (χ4v) is 14.2. The van der Waals surface area contributed by atoms with Gasteiger partial charge < -0.3 is 33.8 Å². The quantitative estimate of drug-likeness (QED) is 0.0222. The summed E-state index contributed by atoms with van der Waals surface area (Å²) in [5, 5.41) is 10.6. The van der Waals surface area contributed by atoms with Crippen molar-refractivity contribution in [1.82, 2.24) is 0 Å². The minimum atomic E-state index is -4.96. The Morgan fingerprint density at radius 3 is 0.752 bits per heavy atom. The Labute approximate surface area is 619 Å². The molecule has 0 saturated heterocycles. The van der Waals surface area contributed by atoms with E-state index in [0.717, 1.165) is 108 Å². The lowest BCUT2D eigenvalue weighted by atomic mass is 9.99. The number of rotatable bonds is 80. The first-order chi connectivity index (χ1) is 48.8. The van der Waals surface area contributed by atoms with E-state index in [0.29, 0.717) is 25.7 Å². The molecule has 0 aliphatic rings. The highest BCUT2D eigenvalue weighted by molar-refractivity contribution is 7.47. The lowest BCUT2D eigenvalue weighted by molar-refractivity contribution is -0.161. The monoisotopic (exact) mass is 1480 g/mol. The number of hydrogen-bond donors (Lipinski definition) is 3. The molecule has 0 aromatic rings. The number of carbonyl (C=O) groups is 4. The van der Waals surface area contributed by atoms with Crippen LogP contribution >= 0.6 is 15.6 Å². The molecule has 101 heavy (non-hydrogen) atoms. The molecule has 0 saturated carbocycles. The Bertz CT molecular complexity index is 1960. The molecule has 0 radical (unpaired) electrons. The Balaban J connectivity index is 5.23. The van der Waals surface area contributed by atoms with E-state index >= 15 is 0 Å². The average molecular weight is 1480 g/mol.